The Morgan fingerprint density at radius 1 is 1.26 bits per heavy atom. The minimum atomic E-state index is -0.141. The fourth-order valence-corrected chi connectivity index (χ4v) is 5.10. The normalized spacial score (nSPS) is 20.3. The molecule has 0 radical (unpaired) electrons. The summed E-state index contributed by atoms with van der Waals surface area (Å²) in [5.74, 6) is 0.915. The molecule has 1 N–H and O–H groups in total. The van der Waals surface area contributed by atoms with Gasteiger partial charge in [0.2, 0.25) is 5.91 Å². The Bertz CT molecular complexity index is 1160. The lowest BCUT2D eigenvalue weighted by Crippen LogP contribution is -2.48. The molecule has 1 aromatic heterocycles. The monoisotopic (exact) mass is 415 g/mol. The summed E-state index contributed by atoms with van der Waals surface area (Å²) < 4.78 is 5.44. The topological polar surface area (TPSA) is 48.6 Å². The number of rotatable bonds is 5. The van der Waals surface area contributed by atoms with Crippen molar-refractivity contribution in [2.24, 2.45) is 5.92 Å². The molecule has 2 aromatic carbocycles. The van der Waals surface area contributed by atoms with E-state index in [4.69, 9.17) is 4.74 Å². The van der Waals surface area contributed by atoms with Crippen LogP contribution < -0.4 is 4.74 Å². The number of aromatic amines is 1. The van der Waals surface area contributed by atoms with Crippen molar-refractivity contribution in [3.63, 3.8) is 0 Å². The molecule has 160 valence electrons. The van der Waals surface area contributed by atoms with Gasteiger partial charge in [-0.25, -0.2) is 0 Å². The number of hydrogen-bond acceptors (Lipinski definition) is 3. The number of fused-ring (bicyclic) bond motifs is 2. The van der Waals surface area contributed by atoms with E-state index < -0.39 is 0 Å². The van der Waals surface area contributed by atoms with Crippen LogP contribution >= 0.6 is 0 Å². The van der Waals surface area contributed by atoms with Gasteiger partial charge in [0.1, 0.15) is 5.75 Å². The second-order valence-electron chi connectivity index (χ2n) is 8.62. The fraction of sp³-hybridized carbons (Fsp3) is 0.346. The van der Waals surface area contributed by atoms with Crippen molar-refractivity contribution in [1.29, 1.82) is 0 Å². The van der Waals surface area contributed by atoms with Crippen LogP contribution in [0.4, 0.5) is 0 Å². The number of H-pyrrole nitrogens is 1. The fourth-order valence-electron chi connectivity index (χ4n) is 5.10. The summed E-state index contributed by atoms with van der Waals surface area (Å²) in [5, 5.41) is 1.31. The van der Waals surface area contributed by atoms with E-state index in [-0.39, 0.29) is 17.9 Å². The van der Waals surface area contributed by atoms with Crippen LogP contribution in [0.25, 0.3) is 16.5 Å². The number of aromatic nitrogens is 1. The molecule has 31 heavy (non-hydrogen) atoms. The molecule has 5 heteroatoms. The van der Waals surface area contributed by atoms with Gasteiger partial charge in [0, 0.05) is 49.8 Å². The van der Waals surface area contributed by atoms with Crippen LogP contribution in [0, 0.1) is 5.92 Å². The highest BCUT2D eigenvalue weighted by Gasteiger charge is 2.37. The average Bonchev–Trinajstić information content (AvgIpc) is 3.22. The molecule has 0 saturated carbocycles. The van der Waals surface area contributed by atoms with Crippen LogP contribution in [0.2, 0.25) is 0 Å². The Kier molecular flexibility index (Phi) is 5.06. The molecule has 5 rings (SSSR count). The summed E-state index contributed by atoms with van der Waals surface area (Å²) >= 11 is 0. The first-order valence-electron chi connectivity index (χ1n) is 11.0. The second kappa shape index (κ2) is 7.89. The summed E-state index contributed by atoms with van der Waals surface area (Å²) in [7, 11) is 3.59. The third-order valence-electron chi connectivity index (χ3n) is 6.81. The van der Waals surface area contributed by atoms with Gasteiger partial charge >= 0.3 is 0 Å². The Morgan fingerprint density at radius 2 is 2.10 bits per heavy atom. The first-order chi connectivity index (χ1) is 15.1. The number of carbonyl (C=O) groups excluding carboxylic acids is 1. The van der Waals surface area contributed by atoms with E-state index in [0.29, 0.717) is 0 Å². The zero-order chi connectivity index (χ0) is 21.5. The van der Waals surface area contributed by atoms with E-state index in [0.717, 1.165) is 31.8 Å². The molecular weight excluding hydrogens is 386 g/mol. The zero-order valence-electron chi connectivity index (χ0n) is 18.4. The van der Waals surface area contributed by atoms with Gasteiger partial charge in [-0.2, -0.15) is 0 Å². The van der Waals surface area contributed by atoms with Crippen LogP contribution in [-0.2, 0) is 17.8 Å². The van der Waals surface area contributed by atoms with Crippen molar-refractivity contribution >= 4 is 22.4 Å². The number of nitrogens with zero attached hydrogens (tertiary/aromatic N) is 2. The summed E-state index contributed by atoms with van der Waals surface area (Å²) in [6, 6.07) is 15.0. The molecule has 0 saturated heterocycles. The van der Waals surface area contributed by atoms with E-state index in [1.54, 1.807) is 7.11 Å². The quantitative estimate of drug-likeness (QED) is 0.683. The molecule has 1 aliphatic heterocycles. The molecular formula is C26H29N3O2. The number of ether oxygens (including phenoxy) is 1. The van der Waals surface area contributed by atoms with E-state index in [9.17, 15) is 4.79 Å². The third-order valence-corrected chi connectivity index (χ3v) is 6.81. The summed E-state index contributed by atoms with van der Waals surface area (Å²) in [4.78, 5) is 20.9. The smallest absolute Gasteiger partial charge is 0.230 e. The van der Waals surface area contributed by atoms with Gasteiger partial charge in [0.05, 0.1) is 13.0 Å². The molecule has 5 nitrogen and oxygen atoms in total. The van der Waals surface area contributed by atoms with E-state index in [1.807, 2.05) is 31.0 Å². The van der Waals surface area contributed by atoms with Gasteiger partial charge < -0.3 is 14.6 Å². The van der Waals surface area contributed by atoms with E-state index in [1.165, 1.54) is 33.2 Å². The highest BCUT2D eigenvalue weighted by Crippen LogP contribution is 2.42. The summed E-state index contributed by atoms with van der Waals surface area (Å²) in [6.45, 7) is 4.26. The molecule has 2 heterocycles. The number of amides is 1. The first-order valence-corrected chi connectivity index (χ1v) is 11.0. The second-order valence-corrected chi connectivity index (χ2v) is 8.62. The Morgan fingerprint density at radius 3 is 2.90 bits per heavy atom. The SMILES string of the molecule is CCN(C)C(=O)[C@@H]1C=C2c3cccc4[nH]cc(c34)C[C@H]2N(Cc2cccc(OC)c2)C1. The lowest BCUT2D eigenvalue weighted by atomic mass is 9.79. The molecule has 0 spiro atoms. The Hall–Kier alpha value is -3.05. The van der Waals surface area contributed by atoms with Crippen molar-refractivity contribution in [2.45, 2.75) is 25.9 Å². The number of carbonyl (C=O) groups is 1. The van der Waals surface area contributed by atoms with Gasteiger partial charge in [-0.3, -0.25) is 9.69 Å². The largest absolute Gasteiger partial charge is 0.497 e. The molecule has 2 atom stereocenters. The standard InChI is InChI=1S/C26H29N3O2/c1-4-28(2)26(30)19-12-22-21-9-6-10-23-25(21)18(14-27-23)13-24(22)29(16-19)15-17-7-5-8-20(11-17)31-3/h5-12,14,19,24,27H,4,13,15-16H2,1-3H3/t19-,24-/m1/s1. The molecule has 0 unspecified atom stereocenters. The van der Waals surface area contributed by atoms with Crippen LogP contribution in [0.15, 0.2) is 54.7 Å². The maximum Gasteiger partial charge on any atom is 0.230 e. The minimum Gasteiger partial charge on any atom is -0.497 e. The highest BCUT2D eigenvalue weighted by atomic mass is 16.5. The summed E-state index contributed by atoms with van der Waals surface area (Å²) in [6.07, 6.45) is 5.35. The maximum atomic E-state index is 13.2. The number of hydrogen-bond donors (Lipinski definition) is 1. The highest BCUT2D eigenvalue weighted by molar-refractivity contribution is 5.99. The van der Waals surface area contributed by atoms with Gasteiger partial charge in [-0.1, -0.05) is 30.3 Å². The molecule has 3 aromatic rings. The first kappa shape index (κ1) is 19.9. The predicted molar refractivity (Wildman–Crippen MR) is 124 cm³/mol. The third kappa shape index (κ3) is 3.43. The molecule has 0 fully saturated rings. The van der Waals surface area contributed by atoms with Crippen molar-refractivity contribution in [3.05, 3.63) is 71.4 Å². The molecule has 0 bridgehead atoms. The Labute approximate surface area is 183 Å². The van der Waals surface area contributed by atoms with Crippen molar-refractivity contribution in [1.82, 2.24) is 14.8 Å². The number of benzene rings is 2. The van der Waals surface area contributed by atoms with Crippen LogP contribution in [0.3, 0.4) is 0 Å². The number of methoxy groups -OCH3 is 1. The van der Waals surface area contributed by atoms with Crippen LogP contribution in [0.1, 0.15) is 23.6 Å². The van der Waals surface area contributed by atoms with Crippen molar-refractivity contribution in [3.8, 4) is 5.75 Å². The van der Waals surface area contributed by atoms with Crippen LogP contribution in [0.5, 0.6) is 5.75 Å². The van der Waals surface area contributed by atoms with Gasteiger partial charge in [0.25, 0.3) is 0 Å². The molecule has 2 aliphatic rings. The molecule has 1 aliphatic carbocycles. The van der Waals surface area contributed by atoms with Gasteiger partial charge in [-0.15, -0.1) is 0 Å². The lowest BCUT2D eigenvalue weighted by Gasteiger charge is -2.42. The Balaban J connectivity index is 1.57. The van der Waals surface area contributed by atoms with Crippen LogP contribution in [-0.4, -0.2) is 54.0 Å². The van der Waals surface area contributed by atoms with E-state index >= 15 is 0 Å². The van der Waals surface area contributed by atoms with Crippen molar-refractivity contribution < 1.29 is 9.53 Å². The van der Waals surface area contributed by atoms with E-state index in [2.05, 4.69) is 52.5 Å². The van der Waals surface area contributed by atoms with Crippen molar-refractivity contribution in [2.75, 3.05) is 27.2 Å². The summed E-state index contributed by atoms with van der Waals surface area (Å²) in [5.41, 5.74) is 6.28. The number of nitrogens with one attached hydrogen (secondary N) is 1. The lowest BCUT2D eigenvalue weighted by molar-refractivity contribution is -0.133. The maximum absolute atomic E-state index is 13.2. The molecule has 1 amide bonds. The average molecular weight is 416 g/mol. The van der Waals surface area contributed by atoms with Gasteiger partial charge in [0.15, 0.2) is 0 Å². The van der Waals surface area contributed by atoms with Gasteiger partial charge in [-0.05, 0) is 53.8 Å². The predicted octanol–water partition coefficient (Wildman–Crippen LogP) is 4.09. The minimum absolute atomic E-state index is 0.141. The zero-order valence-corrected chi connectivity index (χ0v) is 18.4.